The molecule has 0 bridgehead atoms. The summed E-state index contributed by atoms with van der Waals surface area (Å²) in [6.45, 7) is 5.42. The molecule has 1 aliphatic rings. The number of hydrogen-bond donors (Lipinski definition) is 0. The van der Waals surface area contributed by atoms with E-state index in [1.165, 1.54) is 23.5 Å². The van der Waals surface area contributed by atoms with E-state index in [0.717, 1.165) is 67.2 Å². The van der Waals surface area contributed by atoms with E-state index in [2.05, 4.69) is 51.7 Å². The van der Waals surface area contributed by atoms with Gasteiger partial charge in [0.05, 0.1) is 23.0 Å². The maximum absolute atomic E-state index is 9.23. The standard InChI is InChI=1S/C27H26N6S/c1-31-10-2-11-32(14-13-31)12-9-25-27(21-5-3-20(16-28)4-6-21)30-26-8-7-22(18-33(25)26)23-15-24(17-29)34-19-23/h3-8,15,18-19H,2,9-14H2,1H3. The Kier molecular flexibility index (Phi) is 6.42. The lowest BCUT2D eigenvalue weighted by Crippen LogP contribution is -2.30. The average molecular weight is 467 g/mol. The second-order valence-electron chi connectivity index (χ2n) is 8.80. The molecule has 6 nitrogen and oxygen atoms in total. The van der Waals surface area contributed by atoms with E-state index >= 15 is 0 Å². The molecular formula is C27H26N6S. The lowest BCUT2D eigenvalue weighted by Gasteiger charge is -2.20. The van der Waals surface area contributed by atoms with Crippen molar-refractivity contribution in [2.75, 3.05) is 39.8 Å². The average Bonchev–Trinajstić information content (AvgIpc) is 3.44. The molecule has 4 heterocycles. The van der Waals surface area contributed by atoms with Gasteiger partial charge in [-0.05, 0) is 73.4 Å². The van der Waals surface area contributed by atoms with Gasteiger partial charge in [0, 0.05) is 37.8 Å². The first-order valence-corrected chi connectivity index (χ1v) is 12.4. The number of imidazole rings is 1. The highest BCUT2D eigenvalue weighted by Crippen LogP contribution is 2.30. The largest absolute Gasteiger partial charge is 0.305 e. The van der Waals surface area contributed by atoms with E-state index in [-0.39, 0.29) is 0 Å². The first-order valence-electron chi connectivity index (χ1n) is 11.6. The summed E-state index contributed by atoms with van der Waals surface area (Å²) in [6.07, 6.45) is 4.22. The molecule has 0 spiro atoms. The summed E-state index contributed by atoms with van der Waals surface area (Å²) in [4.78, 5) is 10.7. The predicted octanol–water partition coefficient (Wildman–Crippen LogP) is 4.65. The Morgan fingerprint density at radius 1 is 0.941 bits per heavy atom. The molecule has 1 saturated heterocycles. The third kappa shape index (κ3) is 4.60. The van der Waals surface area contributed by atoms with E-state index in [9.17, 15) is 10.5 Å². The summed E-state index contributed by atoms with van der Waals surface area (Å²) in [5, 5.41) is 20.5. The summed E-state index contributed by atoms with van der Waals surface area (Å²) in [7, 11) is 2.20. The van der Waals surface area contributed by atoms with E-state index in [1.807, 2.05) is 35.7 Å². The maximum atomic E-state index is 9.23. The zero-order chi connectivity index (χ0) is 23.5. The number of thiophene rings is 1. The monoisotopic (exact) mass is 466 g/mol. The first-order chi connectivity index (χ1) is 16.6. The van der Waals surface area contributed by atoms with Crippen LogP contribution in [-0.2, 0) is 6.42 Å². The Bertz CT molecular complexity index is 1390. The molecule has 1 aliphatic heterocycles. The molecule has 1 aromatic carbocycles. The SMILES string of the molecule is CN1CCCN(CCc2c(-c3ccc(C#N)cc3)nc3ccc(-c4csc(C#N)c4)cn23)CC1. The van der Waals surface area contributed by atoms with Crippen molar-refractivity contribution in [3.8, 4) is 34.5 Å². The van der Waals surface area contributed by atoms with Crippen LogP contribution in [0.25, 0.3) is 28.0 Å². The predicted molar refractivity (Wildman–Crippen MR) is 136 cm³/mol. The molecule has 0 unspecified atom stereocenters. The molecule has 0 aliphatic carbocycles. The molecule has 3 aromatic heterocycles. The van der Waals surface area contributed by atoms with Crippen LogP contribution in [0.1, 0.15) is 22.6 Å². The summed E-state index contributed by atoms with van der Waals surface area (Å²) < 4.78 is 2.20. The highest BCUT2D eigenvalue weighted by Gasteiger charge is 2.18. The summed E-state index contributed by atoms with van der Waals surface area (Å²) >= 11 is 1.47. The fraction of sp³-hybridized carbons (Fsp3) is 0.296. The van der Waals surface area contributed by atoms with Gasteiger partial charge in [-0.2, -0.15) is 10.5 Å². The van der Waals surface area contributed by atoms with Gasteiger partial charge in [0.25, 0.3) is 0 Å². The minimum Gasteiger partial charge on any atom is -0.305 e. The molecule has 5 rings (SSSR count). The van der Waals surface area contributed by atoms with Crippen LogP contribution < -0.4 is 0 Å². The van der Waals surface area contributed by atoms with E-state index in [4.69, 9.17) is 4.98 Å². The minimum absolute atomic E-state index is 0.649. The van der Waals surface area contributed by atoms with Crippen LogP contribution >= 0.6 is 11.3 Å². The fourth-order valence-corrected chi connectivity index (χ4v) is 5.28. The van der Waals surface area contributed by atoms with Gasteiger partial charge in [-0.3, -0.25) is 0 Å². The van der Waals surface area contributed by atoms with Gasteiger partial charge in [-0.15, -0.1) is 11.3 Å². The van der Waals surface area contributed by atoms with Crippen molar-refractivity contribution in [3.05, 3.63) is 70.2 Å². The molecule has 34 heavy (non-hydrogen) atoms. The van der Waals surface area contributed by atoms with Gasteiger partial charge in [0.15, 0.2) is 0 Å². The first kappa shape index (κ1) is 22.3. The maximum Gasteiger partial charge on any atom is 0.137 e. The van der Waals surface area contributed by atoms with Crippen LogP contribution in [0.4, 0.5) is 0 Å². The quantitative estimate of drug-likeness (QED) is 0.428. The van der Waals surface area contributed by atoms with E-state index < -0.39 is 0 Å². The van der Waals surface area contributed by atoms with Crippen LogP contribution in [0.3, 0.4) is 0 Å². The topological polar surface area (TPSA) is 71.4 Å². The summed E-state index contributed by atoms with van der Waals surface area (Å²) in [5.74, 6) is 0. The van der Waals surface area contributed by atoms with Crippen LogP contribution in [0.15, 0.2) is 54.0 Å². The van der Waals surface area contributed by atoms with Crippen molar-refractivity contribution in [1.29, 1.82) is 10.5 Å². The highest BCUT2D eigenvalue weighted by atomic mass is 32.1. The molecule has 0 radical (unpaired) electrons. The highest BCUT2D eigenvalue weighted by molar-refractivity contribution is 7.10. The second-order valence-corrected chi connectivity index (χ2v) is 9.71. The van der Waals surface area contributed by atoms with Gasteiger partial charge >= 0.3 is 0 Å². The summed E-state index contributed by atoms with van der Waals surface area (Å²) in [5.41, 5.74) is 6.86. The van der Waals surface area contributed by atoms with Crippen molar-refractivity contribution in [2.45, 2.75) is 12.8 Å². The molecule has 4 aromatic rings. The Morgan fingerprint density at radius 3 is 2.53 bits per heavy atom. The number of likely N-dealkylation sites (N-methyl/N-ethyl adjacent to an activating group) is 1. The number of hydrogen-bond acceptors (Lipinski definition) is 6. The lowest BCUT2D eigenvalue weighted by molar-refractivity contribution is 0.278. The van der Waals surface area contributed by atoms with Crippen molar-refractivity contribution in [3.63, 3.8) is 0 Å². The van der Waals surface area contributed by atoms with Gasteiger partial charge in [0.1, 0.15) is 16.6 Å². The Labute approximate surface area is 203 Å². The van der Waals surface area contributed by atoms with Crippen LogP contribution in [0.5, 0.6) is 0 Å². The van der Waals surface area contributed by atoms with Gasteiger partial charge in [-0.25, -0.2) is 4.98 Å². The zero-order valence-electron chi connectivity index (χ0n) is 19.2. The number of rotatable bonds is 5. The van der Waals surface area contributed by atoms with Crippen molar-refractivity contribution in [2.24, 2.45) is 0 Å². The van der Waals surface area contributed by atoms with Crippen LogP contribution in [-0.4, -0.2) is 59.0 Å². The number of fused-ring (bicyclic) bond motifs is 1. The third-order valence-electron chi connectivity index (χ3n) is 6.52. The molecule has 0 atom stereocenters. The van der Waals surface area contributed by atoms with E-state index in [1.54, 1.807) is 0 Å². The molecule has 1 fully saturated rings. The molecule has 0 N–H and O–H groups in total. The Hall–Kier alpha value is -3.49. The molecule has 7 heteroatoms. The smallest absolute Gasteiger partial charge is 0.137 e. The number of aromatic nitrogens is 2. The van der Waals surface area contributed by atoms with Crippen molar-refractivity contribution in [1.82, 2.24) is 19.2 Å². The molecule has 170 valence electrons. The van der Waals surface area contributed by atoms with E-state index in [0.29, 0.717) is 10.4 Å². The fourth-order valence-electron chi connectivity index (χ4n) is 4.57. The zero-order valence-corrected chi connectivity index (χ0v) is 20.1. The number of nitriles is 2. The summed E-state index contributed by atoms with van der Waals surface area (Å²) in [6, 6.07) is 18.2. The Morgan fingerprint density at radius 2 is 1.76 bits per heavy atom. The number of benzene rings is 1. The van der Waals surface area contributed by atoms with Crippen molar-refractivity contribution < 1.29 is 0 Å². The van der Waals surface area contributed by atoms with Gasteiger partial charge in [-0.1, -0.05) is 12.1 Å². The van der Waals surface area contributed by atoms with Crippen LogP contribution in [0, 0.1) is 22.7 Å². The second kappa shape index (κ2) is 9.79. The molecular weight excluding hydrogens is 440 g/mol. The van der Waals surface area contributed by atoms with Gasteiger partial charge in [0.2, 0.25) is 0 Å². The van der Waals surface area contributed by atoms with Crippen LogP contribution in [0.2, 0.25) is 0 Å². The number of nitrogens with zero attached hydrogens (tertiary/aromatic N) is 6. The third-order valence-corrected chi connectivity index (χ3v) is 7.36. The lowest BCUT2D eigenvalue weighted by atomic mass is 10.1. The van der Waals surface area contributed by atoms with Crippen molar-refractivity contribution >= 4 is 17.0 Å². The number of pyridine rings is 1. The minimum atomic E-state index is 0.649. The molecule has 0 saturated carbocycles. The molecule has 0 amide bonds. The normalized spacial score (nSPS) is 15.1. The Balaban J connectivity index is 1.53. The van der Waals surface area contributed by atoms with Gasteiger partial charge < -0.3 is 14.2 Å².